The van der Waals surface area contributed by atoms with Gasteiger partial charge < -0.3 is 14.8 Å². The fraction of sp³-hybridized carbons (Fsp3) is 0.474. The van der Waals surface area contributed by atoms with Crippen molar-refractivity contribution in [3.63, 3.8) is 0 Å². The molecule has 1 aliphatic rings. The van der Waals surface area contributed by atoms with Gasteiger partial charge in [-0.15, -0.1) is 24.0 Å². The third kappa shape index (κ3) is 5.73. The summed E-state index contributed by atoms with van der Waals surface area (Å²) >= 11 is 0. The summed E-state index contributed by atoms with van der Waals surface area (Å²) in [5.41, 5.74) is 2.56. The quantitative estimate of drug-likeness (QED) is 0.439. The van der Waals surface area contributed by atoms with E-state index in [-0.39, 0.29) is 24.0 Å². The van der Waals surface area contributed by atoms with Crippen molar-refractivity contribution in [2.75, 3.05) is 20.1 Å². The minimum absolute atomic E-state index is 0. The predicted octanol–water partition coefficient (Wildman–Crippen LogP) is 3.36. The molecule has 0 bridgehead atoms. The molecule has 0 aliphatic carbocycles. The van der Waals surface area contributed by atoms with Gasteiger partial charge in [0.05, 0.1) is 6.33 Å². The summed E-state index contributed by atoms with van der Waals surface area (Å²) in [6.07, 6.45) is 8.15. The lowest BCUT2D eigenvalue weighted by Gasteiger charge is -2.32. The number of nitrogens with one attached hydrogen (secondary N) is 1. The number of imidazole rings is 1. The summed E-state index contributed by atoms with van der Waals surface area (Å²) in [6, 6.07) is 8.74. The molecular formula is C19H28IN5. The Labute approximate surface area is 167 Å². The average molecular weight is 453 g/mol. The van der Waals surface area contributed by atoms with Crippen LogP contribution >= 0.6 is 24.0 Å². The number of piperidine rings is 1. The summed E-state index contributed by atoms with van der Waals surface area (Å²) in [5.74, 6) is 1.85. The number of rotatable bonds is 4. The first-order valence-corrected chi connectivity index (χ1v) is 8.74. The second kappa shape index (κ2) is 9.79. The largest absolute Gasteiger partial charge is 0.352 e. The smallest absolute Gasteiger partial charge is 0.193 e. The molecule has 136 valence electrons. The van der Waals surface area contributed by atoms with Gasteiger partial charge in [0.2, 0.25) is 0 Å². The Morgan fingerprint density at radius 2 is 1.88 bits per heavy atom. The zero-order chi connectivity index (χ0) is 16.8. The van der Waals surface area contributed by atoms with E-state index < -0.39 is 0 Å². The van der Waals surface area contributed by atoms with Crippen molar-refractivity contribution in [2.45, 2.75) is 32.9 Å². The zero-order valence-electron chi connectivity index (χ0n) is 15.1. The second-order valence-corrected chi connectivity index (χ2v) is 6.62. The Balaban J connectivity index is 0.00000225. The highest BCUT2D eigenvalue weighted by Gasteiger charge is 2.18. The van der Waals surface area contributed by atoms with E-state index in [1.807, 2.05) is 25.8 Å². The van der Waals surface area contributed by atoms with E-state index in [0.717, 1.165) is 38.1 Å². The van der Waals surface area contributed by atoms with Gasteiger partial charge in [-0.1, -0.05) is 31.2 Å². The van der Waals surface area contributed by atoms with E-state index in [9.17, 15) is 0 Å². The number of aromatic nitrogens is 2. The number of hydrogen-bond donors (Lipinski definition) is 1. The Kier molecular flexibility index (Phi) is 7.74. The molecule has 0 spiro atoms. The maximum atomic E-state index is 4.44. The van der Waals surface area contributed by atoms with Crippen molar-refractivity contribution < 1.29 is 0 Å². The molecule has 0 unspecified atom stereocenters. The standard InChI is InChI=1S/C19H27N5.HI/c1-16-7-10-24(11-8-16)19(20-2)22-13-17-3-5-18(6-4-17)14-23-12-9-21-15-23;/h3-6,9,12,15-16H,7-8,10-11,13-14H2,1-2H3,(H,20,22);1H. The molecule has 2 aromatic rings. The third-order valence-electron chi connectivity index (χ3n) is 4.69. The Bertz CT molecular complexity index is 643. The number of nitrogens with zero attached hydrogens (tertiary/aromatic N) is 4. The van der Waals surface area contributed by atoms with E-state index >= 15 is 0 Å². The molecule has 1 N–H and O–H groups in total. The molecule has 0 amide bonds. The fourth-order valence-electron chi connectivity index (χ4n) is 3.09. The maximum Gasteiger partial charge on any atom is 0.193 e. The van der Waals surface area contributed by atoms with E-state index in [1.165, 1.54) is 24.0 Å². The van der Waals surface area contributed by atoms with Crippen molar-refractivity contribution in [1.29, 1.82) is 0 Å². The van der Waals surface area contributed by atoms with Crippen LogP contribution in [0.4, 0.5) is 0 Å². The van der Waals surface area contributed by atoms with Crippen LogP contribution < -0.4 is 5.32 Å². The molecule has 0 saturated carbocycles. The molecular weight excluding hydrogens is 425 g/mol. The van der Waals surface area contributed by atoms with Crippen LogP contribution in [-0.2, 0) is 13.1 Å². The Morgan fingerprint density at radius 3 is 2.48 bits per heavy atom. The molecule has 0 radical (unpaired) electrons. The van der Waals surface area contributed by atoms with Gasteiger partial charge in [-0.2, -0.15) is 0 Å². The topological polar surface area (TPSA) is 45.5 Å². The molecule has 1 aromatic carbocycles. The van der Waals surface area contributed by atoms with Gasteiger partial charge in [0.1, 0.15) is 0 Å². The van der Waals surface area contributed by atoms with Gasteiger partial charge in [-0.05, 0) is 29.9 Å². The van der Waals surface area contributed by atoms with Gasteiger partial charge in [-0.3, -0.25) is 4.99 Å². The average Bonchev–Trinajstić information content (AvgIpc) is 3.11. The summed E-state index contributed by atoms with van der Waals surface area (Å²) in [4.78, 5) is 10.9. The molecule has 1 aromatic heterocycles. The van der Waals surface area contributed by atoms with Crippen LogP contribution in [0.2, 0.25) is 0 Å². The zero-order valence-corrected chi connectivity index (χ0v) is 17.4. The highest BCUT2D eigenvalue weighted by Crippen LogP contribution is 2.16. The van der Waals surface area contributed by atoms with E-state index in [4.69, 9.17) is 0 Å². The van der Waals surface area contributed by atoms with Crippen LogP contribution in [0.5, 0.6) is 0 Å². The third-order valence-corrected chi connectivity index (χ3v) is 4.69. The number of benzene rings is 1. The van der Waals surface area contributed by atoms with Gasteiger partial charge in [0.15, 0.2) is 5.96 Å². The van der Waals surface area contributed by atoms with Crippen LogP contribution in [-0.4, -0.2) is 40.5 Å². The van der Waals surface area contributed by atoms with Crippen molar-refractivity contribution in [2.24, 2.45) is 10.9 Å². The predicted molar refractivity (Wildman–Crippen MR) is 113 cm³/mol. The Morgan fingerprint density at radius 1 is 1.20 bits per heavy atom. The monoisotopic (exact) mass is 453 g/mol. The van der Waals surface area contributed by atoms with Crippen molar-refractivity contribution in [3.8, 4) is 0 Å². The van der Waals surface area contributed by atoms with Crippen LogP contribution in [0.25, 0.3) is 0 Å². The number of likely N-dealkylation sites (tertiary alicyclic amines) is 1. The minimum Gasteiger partial charge on any atom is -0.352 e. The highest BCUT2D eigenvalue weighted by molar-refractivity contribution is 14.0. The van der Waals surface area contributed by atoms with E-state index in [2.05, 4.69) is 55.9 Å². The minimum atomic E-state index is 0. The molecule has 2 heterocycles. The normalized spacial score (nSPS) is 15.8. The fourth-order valence-corrected chi connectivity index (χ4v) is 3.09. The first kappa shape index (κ1) is 19.8. The molecule has 6 heteroatoms. The van der Waals surface area contributed by atoms with Crippen LogP contribution in [0.15, 0.2) is 48.0 Å². The van der Waals surface area contributed by atoms with Crippen molar-refractivity contribution in [1.82, 2.24) is 19.8 Å². The number of hydrogen-bond acceptors (Lipinski definition) is 2. The number of halogens is 1. The summed E-state index contributed by atoms with van der Waals surface area (Å²) < 4.78 is 2.08. The first-order chi connectivity index (χ1) is 11.7. The summed E-state index contributed by atoms with van der Waals surface area (Å²) in [6.45, 7) is 6.21. The van der Waals surface area contributed by atoms with Crippen molar-refractivity contribution in [3.05, 3.63) is 54.1 Å². The van der Waals surface area contributed by atoms with Crippen LogP contribution in [0.1, 0.15) is 30.9 Å². The lowest BCUT2D eigenvalue weighted by molar-refractivity contribution is 0.273. The molecule has 1 aliphatic heterocycles. The van der Waals surface area contributed by atoms with Crippen LogP contribution in [0, 0.1) is 5.92 Å². The molecule has 0 atom stereocenters. The second-order valence-electron chi connectivity index (χ2n) is 6.62. The molecule has 5 nitrogen and oxygen atoms in total. The molecule has 1 saturated heterocycles. The Hall–Kier alpha value is -1.57. The SMILES string of the molecule is CN=C(NCc1ccc(Cn2ccnc2)cc1)N1CCC(C)CC1.I. The maximum absolute atomic E-state index is 4.44. The van der Waals surface area contributed by atoms with Crippen molar-refractivity contribution >= 4 is 29.9 Å². The highest BCUT2D eigenvalue weighted by atomic mass is 127. The van der Waals surface area contributed by atoms with E-state index in [1.54, 1.807) is 0 Å². The molecule has 3 rings (SSSR count). The molecule has 25 heavy (non-hydrogen) atoms. The number of guanidine groups is 1. The van der Waals surface area contributed by atoms with Gasteiger partial charge in [0.25, 0.3) is 0 Å². The first-order valence-electron chi connectivity index (χ1n) is 8.74. The van der Waals surface area contributed by atoms with Crippen LogP contribution in [0.3, 0.4) is 0 Å². The van der Waals surface area contributed by atoms with Gasteiger partial charge in [0, 0.05) is 45.6 Å². The summed E-state index contributed by atoms with van der Waals surface area (Å²) in [7, 11) is 1.87. The van der Waals surface area contributed by atoms with Gasteiger partial charge >= 0.3 is 0 Å². The summed E-state index contributed by atoms with van der Waals surface area (Å²) in [5, 5.41) is 3.50. The lowest BCUT2D eigenvalue weighted by Crippen LogP contribution is -2.45. The lowest BCUT2D eigenvalue weighted by atomic mass is 9.99. The number of aliphatic imine (C=N–C) groups is 1. The van der Waals surface area contributed by atoms with Gasteiger partial charge in [-0.25, -0.2) is 4.98 Å². The molecule has 1 fully saturated rings. The van der Waals surface area contributed by atoms with E-state index in [0.29, 0.717) is 0 Å².